The van der Waals surface area contributed by atoms with Gasteiger partial charge in [-0.05, 0) is 32.4 Å². The molecule has 0 bridgehead atoms. The van der Waals surface area contributed by atoms with Crippen molar-refractivity contribution in [1.82, 2.24) is 20.4 Å². The van der Waals surface area contributed by atoms with Gasteiger partial charge >= 0.3 is 6.03 Å². The molecule has 3 rings (SSSR count). The van der Waals surface area contributed by atoms with Gasteiger partial charge in [0.15, 0.2) is 0 Å². The summed E-state index contributed by atoms with van der Waals surface area (Å²) in [5.74, 6) is 0. The van der Waals surface area contributed by atoms with Crippen molar-refractivity contribution in [3.05, 3.63) is 35.9 Å². The first-order valence-electron chi connectivity index (χ1n) is 10.2. The molecule has 1 saturated heterocycles. The molecular formula is C21H34N4O. The van der Waals surface area contributed by atoms with E-state index in [9.17, 15) is 4.79 Å². The van der Waals surface area contributed by atoms with Crippen LogP contribution in [0, 0.1) is 0 Å². The van der Waals surface area contributed by atoms with Crippen LogP contribution in [0.3, 0.4) is 0 Å². The fraction of sp³-hybridized carbons (Fsp3) is 0.667. The Morgan fingerprint density at radius 2 is 1.69 bits per heavy atom. The van der Waals surface area contributed by atoms with Crippen molar-refractivity contribution >= 4 is 6.03 Å². The topological polar surface area (TPSA) is 47.6 Å². The van der Waals surface area contributed by atoms with E-state index in [2.05, 4.69) is 64.7 Å². The lowest BCUT2D eigenvalue weighted by atomic mass is 9.95. The third kappa shape index (κ3) is 5.21. The van der Waals surface area contributed by atoms with Crippen LogP contribution in [0.4, 0.5) is 4.79 Å². The molecule has 26 heavy (non-hydrogen) atoms. The second-order valence-electron chi connectivity index (χ2n) is 7.94. The van der Waals surface area contributed by atoms with Crippen molar-refractivity contribution < 1.29 is 4.79 Å². The zero-order valence-electron chi connectivity index (χ0n) is 16.3. The molecule has 2 fully saturated rings. The van der Waals surface area contributed by atoms with E-state index in [1.54, 1.807) is 0 Å². The predicted octanol–water partition coefficient (Wildman–Crippen LogP) is 3.00. The normalized spacial score (nSPS) is 22.5. The van der Waals surface area contributed by atoms with Crippen molar-refractivity contribution in [2.75, 3.05) is 33.2 Å². The van der Waals surface area contributed by atoms with E-state index >= 15 is 0 Å². The number of nitrogens with zero attached hydrogens (tertiary/aromatic N) is 2. The van der Waals surface area contributed by atoms with Crippen LogP contribution in [0.2, 0.25) is 0 Å². The highest BCUT2D eigenvalue weighted by Gasteiger charge is 2.29. The van der Waals surface area contributed by atoms with Gasteiger partial charge in [0.2, 0.25) is 0 Å². The molecule has 1 aliphatic carbocycles. The standard InChI is InChI=1S/C21H34N4O/c1-17(22-21(26)23-19-11-7-4-8-12-19)20(18-9-5-3-6-10-18)25-15-13-24(2)14-16-25/h3,5-6,9-10,17,19-20H,4,7-8,11-16H2,1-2H3,(H2,22,23,26)/t17-,20-/m0/s1. The molecule has 5 nitrogen and oxygen atoms in total. The molecule has 2 N–H and O–H groups in total. The molecule has 0 spiro atoms. The van der Waals surface area contributed by atoms with Crippen molar-refractivity contribution in [2.24, 2.45) is 0 Å². The molecule has 2 aliphatic rings. The lowest BCUT2D eigenvalue weighted by Crippen LogP contribution is -2.53. The maximum atomic E-state index is 12.5. The lowest BCUT2D eigenvalue weighted by molar-refractivity contribution is 0.0947. The van der Waals surface area contributed by atoms with Gasteiger partial charge in [0.25, 0.3) is 0 Å². The fourth-order valence-corrected chi connectivity index (χ4v) is 4.33. The van der Waals surface area contributed by atoms with Crippen LogP contribution < -0.4 is 10.6 Å². The van der Waals surface area contributed by atoms with Crippen LogP contribution in [0.25, 0.3) is 0 Å². The van der Waals surface area contributed by atoms with E-state index in [0.29, 0.717) is 6.04 Å². The molecule has 0 unspecified atom stereocenters. The Kier molecular flexibility index (Phi) is 6.92. The number of hydrogen-bond acceptors (Lipinski definition) is 3. The molecule has 1 saturated carbocycles. The Bertz CT molecular complexity index is 550. The Morgan fingerprint density at radius 1 is 1.04 bits per heavy atom. The fourth-order valence-electron chi connectivity index (χ4n) is 4.33. The number of likely N-dealkylation sites (N-methyl/N-ethyl adjacent to an activating group) is 1. The molecule has 1 aliphatic heterocycles. The Morgan fingerprint density at radius 3 is 2.35 bits per heavy atom. The lowest BCUT2D eigenvalue weighted by Gasteiger charge is -2.41. The summed E-state index contributed by atoms with van der Waals surface area (Å²) in [4.78, 5) is 17.4. The van der Waals surface area contributed by atoms with Gasteiger partial charge in [0.1, 0.15) is 0 Å². The average Bonchev–Trinajstić information content (AvgIpc) is 2.65. The van der Waals surface area contributed by atoms with E-state index in [-0.39, 0.29) is 18.1 Å². The minimum atomic E-state index is -0.0144. The Balaban J connectivity index is 1.64. The molecule has 0 radical (unpaired) electrons. The quantitative estimate of drug-likeness (QED) is 0.851. The highest BCUT2D eigenvalue weighted by molar-refractivity contribution is 5.74. The van der Waals surface area contributed by atoms with Crippen LogP contribution in [-0.4, -0.2) is 61.1 Å². The van der Waals surface area contributed by atoms with E-state index in [4.69, 9.17) is 0 Å². The SMILES string of the molecule is C[C@H](NC(=O)NC1CCCCC1)[C@@H](c1ccccc1)N1CCN(C)CC1. The maximum Gasteiger partial charge on any atom is 0.315 e. The van der Waals surface area contributed by atoms with Crippen LogP contribution in [0.1, 0.15) is 50.6 Å². The van der Waals surface area contributed by atoms with Crippen LogP contribution in [0.5, 0.6) is 0 Å². The van der Waals surface area contributed by atoms with E-state index in [0.717, 1.165) is 39.0 Å². The van der Waals surface area contributed by atoms with Gasteiger partial charge in [-0.25, -0.2) is 4.79 Å². The number of piperazine rings is 1. The molecule has 2 amide bonds. The van der Waals surface area contributed by atoms with Gasteiger partial charge < -0.3 is 15.5 Å². The van der Waals surface area contributed by atoms with Gasteiger partial charge in [-0.3, -0.25) is 4.90 Å². The number of nitrogens with one attached hydrogen (secondary N) is 2. The van der Waals surface area contributed by atoms with E-state index in [1.807, 2.05) is 0 Å². The third-order valence-corrected chi connectivity index (χ3v) is 5.85. The Hall–Kier alpha value is -1.59. The monoisotopic (exact) mass is 358 g/mol. The molecule has 1 heterocycles. The molecule has 5 heteroatoms. The number of carbonyl (C=O) groups is 1. The first-order valence-corrected chi connectivity index (χ1v) is 10.2. The summed E-state index contributed by atoms with van der Waals surface area (Å²) in [7, 11) is 2.17. The summed E-state index contributed by atoms with van der Waals surface area (Å²) in [5.41, 5.74) is 1.28. The summed E-state index contributed by atoms with van der Waals surface area (Å²) in [6, 6.07) is 11.2. The number of amides is 2. The zero-order valence-corrected chi connectivity index (χ0v) is 16.3. The molecule has 144 valence electrons. The largest absolute Gasteiger partial charge is 0.335 e. The summed E-state index contributed by atoms with van der Waals surface area (Å²) < 4.78 is 0. The second-order valence-corrected chi connectivity index (χ2v) is 7.94. The minimum absolute atomic E-state index is 0.0144. The van der Waals surface area contributed by atoms with E-state index < -0.39 is 0 Å². The molecular weight excluding hydrogens is 324 g/mol. The minimum Gasteiger partial charge on any atom is -0.335 e. The maximum absolute atomic E-state index is 12.5. The van der Waals surface area contributed by atoms with Gasteiger partial charge in [0.05, 0.1) is 6.04 Å². The van der Waals surface area contributed by atoms with Crippen molar-refractivity contribution in [3.63, 3.8) is 0 Å². The second kappa shape index (κ2) is 9.38. The van der Waals surface area contributed by atoms with E-state index in [1.165, 1.54) is 24.8 Å². The van der Waals surface area contributed by atoms with Crippen molar-refractivity contribution in [3.8, 4) is 0 Å². The average molecular weight is 359 g/mol. The summed E-state index contributed by atoms with van der Waals surface area (Å²) in [6.07, 6.45) is 5.99. The first-order chi connectivity index (χ1) is 12.6. The van der Waals surface area contributed by atoms with Gasteiger partial charge in [-0.15, -0.1) is 0 Å². The first kappa shape index (κ1) is 19.2. The zero-order chi connectivity index (χ0) is 18.4. The summed E-state index contributed by atoms with van der Waals surface area (Å²) >= 11 is 0. The smallest absolute Gasteiger partial charge is 0.315 e. The highest BCUT2D eigenvalue weighted by atomic mass is 16.2. The summed E-state index contributed by atoms with van der Waals surface area (Å²) in [6.45, 7) is 6.35. The number of carbonyl (C=O) groups excluding carboxylic acids is 1. The number of urea groups is 1. The highest BCUT2D eigenvalue weighted by Crippen LogP contribution is 2.25. The molecule has 1 aromatic rings. The van der Waals surface area contributed by atoms with Crippen molar-refractivity contribution in [2.45, 2.75) is 57.2 Å². The van der Waals surface area contributed by atoms with Gasteiger partial charge in [-0.2, -0.15) is 0 Å². The number of benzene rings is 1. The molecule has 1 aromatic carbocycles. The third-order valence-electron chi connectivity index (χ3n) is 5.85. The van der Waals surface area contributed by atoms with Crippen LogP contribution in [-0.2, 0) is 0 Å². The Labute approximate surface area is 158 Å². The predicted molar refractivity (Wildman–Crippen MR) is 106 cm³/mol. The number of hydrogen-bond donors (Lipinski definition) is 2. The van der Waals surface area contributed by atoms with Crippen LogP contribution in [0.15, 0.2) is 30.3 Å². The number of rotatable bonds is 5. The molecule has 2 atom stereocenters. The molecule has 0 aromatic heterocycles. The summed E-state index contributed by atoms with van der Waals surface area (Å²) in [5, 5.41) is 6.42. The van der Waals surface area contributed by atoms with Crippen molar-refractivity contribution in [1.29, 1.82) is 0 Å². The van der Waals surface area contributed by atoms with Gasteiger partial charge in [0, 0.05) is 38.3 Å². The van der Waals surface area contributed by atoms with Crippen LogP contribution >= 0.6 is 0 Å². The van der Waals surface area contributed by atoms with Gasteiger partial charge in [-0.1, -0.05) is 49.6 Å².